The highest BCUT2D eigenvalue weighted by Crippen LogP contribution is 2.27. The summed E-state index contributed by atoms with van der Waals surface area (Å²) in [6.45, 7) is 0. The summed E-state index contributed by atoms with van der Waals surface area (Å²) in [5.74, 6) is 0. The highest BCUT2D eigenvalue weighted by molar-refractivity contribution is 6.29. The first-order valence-electron chi connectivity index (χ1n) is 3.97. The molecule has 0 radical (unpaired) electrons. The standard InChI is InChI=1S/C8H9ClN2O/c9-7-4-5-2-1-3-6(12)8(5)11-10-7/h4,6,12H,1-3H2. The number of aliphatic hydroxyl groups excluding tert-OH is 1. The van der Waals surface area contributed by atoms with Crippen LogP contribution in [0.5, 0.6) is 0 Å². The molecule has 1 aliphatic carbocycles. The van der Waals surface area contributed by atoms with E-state index in [1.807, 2.05) is 0 Å². The molecule has 0 aromatic carbocycles. The van der Waals surface area contributed by atoms with E-state index in [0.717, 1.165) is 24.8 Å². The van der Waals surface area contributed by atoms with Crippen molar-refractivity contribution in [3.05, 3.63) is 22.5 Å². The number of aliphatic hydroxyl groups is 1. The molecule has 1 unspecified atom stereocenters. The average molecular weight is 185 g/mol. The lowest BCUT2D eigenvalue weighted by atomic mass is 9.95. The zero-order chi connectivity index (χ0) is 8.55. The van der Waals surface area contributed by atoms with E-state index < -0.39 is 6.10 Å². The molecule has 1 aromatic rings. The van der Waals surface area contributed by atoms with Gasteiger partial charge in [-0.2, -0.15) is 5.10 Å². The Bertz CT molecular complexity index is 303. The summed E-state index contributed by atoms with van der Waals surface area (Å²) in [5, 5.41) is 17.5. The van der Waals surface area contributed by atoms with E-state index in [1.54, 1.807) is 6.07 Å². The zero-order valence-corrected chi connectivity index (χ0v) is 7.25. The predicted octanol–water partition coefficient (Wildman–Crippen LogP) is 1.50. The summed E-state index contributed by atoms with van der Waals surface area (Å²) in [7, 11) is 0. The topological polar surface area (TPSA) is 46.0 Å². The molecule has 0 spiro atoms. The van der Waals surface area contributed by atoms with Gasteiger partial charge in [0.15, 0.2) is 5.15 Å². The van der Waals surface area contributed by atoms with Crippen LogP contribution < -0.4 is 0 Å². The highest BCUT2D eigenvalue weighted by atomic mass is 35.5. The number of hydrogen-bond acceptors (Lipinski definition) is 3. The number of aromatic nitrogens is 2. The second kappa shape index (κ2) is 2.99. The van der Waals surface area contributed by atoms with E-state index in [4.69, 9.17) is 11.6 Å². The highest BCUT2D eigenvalue weighted by Gasteiger charge is 2.19. The Hall–Kier alpha value is -0.670. The van der Waals surface area contributed by atoms with Gasteiger partial charge < -0.3 is 5.11 Å². The summed E-state index contributed by atoms with van der Waals surface area (Å²) in [6, 6.07) is 1.78. The fourth-order valence-corrected chi connectivity index (χ4v) is 1.69. The van der Waals surface area contributed by atoms with Crippen molar-refractivity contribution < 1.29 is 5.11 Å². The molecule has 12 heavy (non-hydrogen) atoms. The molecule has 0 saturated heterocycles. The fraction of sp³-hybridized carbons (Fsp3) is 0.500. The molecular weight excluding hydrogens is 176 g/mol. The van der Waals surface area contributed by atoms with Crippen molar-refractivity contribution in [3.8, 4) is 0 Å². The Kier molecular flexibility index (Phi) is 1.98. The molecule has 4 heteroatoms. The Balaban J connectivity index is 2.46. The van der Waals surface area contributed by atoms with Crippen LogP contribution in [0.4, 0.5) is 0 Å². The SMILES string of the molecule is OC1CCCc2cc(Cl)nnc21. The fourth-order valence-electron chi connectivity index (χ4n) is 1.52. The van der Waals surface area contributed by atoms with E-state index in [1.165, 1.54) is 0 Å². The summed E-state index contributed by atoms with van der Waals surface area (Å²) in [6.07, 6.45) is 2.28. The number of halogens is 1. The second-order valence-electron chi connectivity index (χ2n) is 2.99. The number of nitrogens with zero attached hydrogens (tertiary/aromatic N) is 2. The van der Waals surface area contributed by atoms with E-state index in [-0.39, 0.29) is 0 Å². The van der Waals surface area contributed by atoms with E-state index >= 15 is 0 Å². The van der Waals surface area contributed by atoms with Gasteiger partial charge in [0, 0.05) is 0 Å². The van der Waals surface area contributed by atoms with Crippen LogP contribution in [-0.4, -0.2) is 15.3 Å². The maximum Gasteiger partial charge on any atom is 0.152 e. The molecule has 64 valence electrons. The van der Waals surface area contributed by atoms with Gasteiger partial charge in [-0.15, -0.1) is 5.10 Å². The van der Waals surface area contributed by atoms with Gasteiger partial charge in [-0.05, 0) is 30.9 Å². The van der Waals surface area contributed by atoms with Crippen molar-refractivity contribution in [2.75, 3.05) is 0 Å². The normalized spacial score (nSPS) is 22.0. The van der Waals surface area contributed by atoms with Gasteiger partial charge in [0.25, 0.3) is 0 Å². The first-order valence-corrected chi connectivity index (χ1v) is 4.35. The summed E-state index contributed by atoms with van der Waals surface area (Å²) < 4.78 is 0. The van der Waals surface area contributed by atoms with Crippen LogP contribution in [0.2, 0.25) is 5.15 Å². The van der Waals surface area contributed by atoms with Crippen molar-refractivity contribution in [1.82, 2.24) is 10.2 Å². The molecule has 1 aromatic heterocycles. The zero-order valence-electron chi connectivity index (χ0n) is 6.50. The molecule has 3 nitrogen and oxygen atoms in total. The third-order valence-electron chi connectivity index (χ3n) is 2.11. The molecule has 0 fully saturated rings. The molecule has 1 heterocycles. The summed E-state index contributed by atoms with van der Waals surface area (Å²) in [5.41, 5.74) is 1.74. The minimum atomic E-state index is -0.446. The van der Waals surface area contributed by atoms with Crippen molar-refractivity contribution in [3.63, 3.8) is 0 Å². The lowest BCUT2D eigenvalue weighted by Crippen LogP contribution is -2.12. The quantitative estimate of drug-likeness (QED) is 0.665. The van der Waals surface area contributed by atoms with Crippen LogP contribution in [0.15, 0.2) is 6.07 Å². The minimum absolute atomic E-state index is 0.405. The first-order chi connectivity index (χ1) is 5.77. The molecule has 1 atom stereocenters. The molecule has 1 aliphatic rings. The average Bonchev–Trinajstić information content (AvgIpc) is 2.04. The first kappa shape index (κ1) is 7.95. The van der Waals surface area contributed by atoms with Crippen molar-refractivity contribution >= 4 is 11.6 Å². The van der Waals surface area contributed by atoms with Gasteiger partial charge in [0.1, 0.15) is 0 Å². The van der Waals surface area contributed by atoms with E-state index in [9.17, 15) is 5.11 Å². The molecule has 0 aliphatic heterocycles. The van der Waals surface area contributed by atoms with Gasteiger partial charge in [0.2, 0.25) is 0 Å². The monoisotopic (exact) mass is 184 g/mol. The van der Waals surface area contributed by atoms with E-state index in [0.29, 0.717) is 10.8 Å². The number of hydrogen-bond donors (Lipinski definition) is 1. The van der Waals surface area contributed by atoms with Gasteiger partial charge >= 0.3 is 0 Å². The predicted molar refractivity (Wildman–Crippen MR) is 44.9 cm³/mol. The maximum atomic E-state index is 9.51. The third-order valence-corrected chi connectivity index (χ3v) is 2.30. The second-order valence-corrected chi connectivity index (χ2v) is 3.37. The summed E-state index contributed by atoms with van der Waals surface area (Å²) >= 11 is 5.67. The van der Waals surface area contributed by atoms with Crippen molar-refractivity contribution in [2.45, 2.75) is 25.4 Å². The molecule has 1 N–H and O–H groups in total. The lowest BCUT2D eigenvalue weighted by Gasteiger charge is -2.18. The molecule has 0 bridgehead atoms. The van der Waals surface area contributed by atoms with Gasteiger partial charge in [-0.3, -0.25) is 0 Å². The Morgan fingerprint density at radius 1 is 1.50 bits per heavy atom. The van der Waals surface area contributed by atoms with Crippen LogP contribution in [0.3, 0.4) is 0 Å². The van der Waals surface area contributed by atoms with Gasteiger partial charge in [0.05, 0.1) is 11.8 Å². The smallest absolute Gasteiger partial charge is 0.152 e. The molecule has 0 saturated carbocycles. The minimum Gasteiger partial charge on any atom is -0.387 e. The maximum absolute atomic E-state index is 9.51. The Labute approximate surface area is 75.4 Å². The third kappa shape index (κ3) is 1.30. The van der Waals surface area contributed by atoms with Gasteiger partial charge in [-0.1, -0.05) is 11.6 Å². The number of aryl methyl sites for hydroxylation is 1. The van der Waals surface area contributed by atoms with Crippen LogP contribution in [0.25, 0.3) is 0 Å². The molecule has 0 amide bonds. The number of fused-ring (bicyclic) bond motifs is 1. The summed E-state index contributed by atoms with van der Waals surface area (Å²) in [4.78, 5) is 0. The van der Waals surface area contributed by atoms with Gasteiger partial charge in [-0.25, -0.2) is 0 Å². The van der Waals surface area contributed by atoms with Crippen LogP contribution in [-0.2, 0) is 6.42 Å². The Morgan fingerprint density at radius 2 is 2.33 bits per heavy atom. The lowest BCUT2D eigenvalue weighted by molar-refractivity contribution is 0.150. The largest absolute Gasteiger partial charge is 0.387 e. The molecular formula is C8H9ClN2O. The van der Waals surface area contributed by atoms with Crippen LogP contribution in [0.1, 0.15) is 30.2 Å². The van der Waals surface area contributed by atoms with Crippen molar-refractivity contribution in [2.24, 2.45) is 0 Å². The molecule has 2 rings (SSSR count). The van der Waals surface area contributed by atoms with Crippen LogP contribution in [0, 0.1) is 0 Å². The van der Waals surface area contributed by atoms with Crippen molar-refractivity contribution in [1.29, 1.82) is 0 Å². The number of rotatable bonds is 0. The van der Waals surface area contributed by atoms with Crippen LogP contribution >= 0.6 is 11.6 Å². The van der Waals surface area contributed by atoms with E-state index in [2.05, 4.69) is 10.2 Å². The Morgan fingerprint density at radius 3 is 3.17 bits per heavy atom.